The molecule has 1 aromatic rings. The van der Waals surface area contributed by atoms with Gasteiger partial charge in [0.1, 0.15) is 11.4 Å². The van der Waals surface area contributed by atoms with Crippen LogP contribution < -0.4 is 5.73 Å². The normalized spacial score (nSPS) is 21.7. The van der Waals surface area contributed by atoms with Crippen LogP contribution in [0.4, 0.5) is 0 Å². The van der Waals surface area contributed by atoms with Gasteiger partial charge in [-0.05, 0) is 39.0 Å². The summed E-state index contributed by atoms with van der Waals surface area (Å²) < 4.78 is 2.27. The highest BCUT2D eigenvalue weighted by Crippen LogP contribution is 2.46. The van der Waals surface area contributed by atoms with E-state index in [0.717, 1.165) is 11.0 Å². The maximum atomic E-state index is 11.0. The SMILES string of the molecule is CC(N)(CCSc1nnc(C2CC2)n1C1CC1)C(=O)O. The molecule has 2 saturated carbocycles. The molecule has 0 bridgehead atoms. The van der Waals surface area contributed by atoms with Gasteiger partial charge in [0.15, 0.2) is 5.16 Å². The Morgan fingerprint density at radius 3 is 2.70 bits per heavy atom. The molecule has 0 aliphatic heterocycles. The highest BCUT2D eigenvalue weighted by atomic mass is 32.2. The zero-order valence-corrected chi connectivity index (χ0v) is 12.4. The van der Waals surface area contributed by atoms with Gasteiger partial charge in [-0.25, -0.2) is 0 Å². The smallest absolute Gasteiger partial charge is 0.323 e. The zero-order valence-electron chi connectivity index (χ0n) is 11.6. The number of hydrogen-bond acceptors (Lipinski definition) is 5. The minimum Gasteiger partial charge on any atom is -0.480 e. The summed E-state index contributed by atoms with van der Waals surface area (Å²) in [5.74, 6) is 1.41. The Morgan fingerprint density at radius 2 is 2.15 bits per heavy atom. The van der Waals surface area contributed by atoms with E-state index in [1.54, 1.807) is 18.7 Å². The summed E-state index contributed by atoms with van der Waals surface area (Å²) in [5.41, 5.74) is 4.57. The average molecular weight is 296 g/mol. The van der Waals surface area contributed by atoms with Gasteiger partial charge in [-0.15, -0.1) is 10.2 Å². The van der Waals surface area contributed by atoms with Crippen LogP contribution in [-0.2, 0) is 4.79 Å². The number of aromatic nitrogens is 3. The van der Waals surface area contributed by atoms with Crippen LogP contribution in [0.5, 0.6) is 0 Å². The number of nitrogens with zero attached hydrogens (tertiary/aromatic N) is 3. The van der Waals surface area contributed by atoms with Crippen molar-refractivity contribution in [2.45, 2.75) is 61.7 Å². The molecule has 0 aromatic carbocycles. The van der Waals surface area contributed by atoms with Crippen LogP contribution in [0.25, 0.3) is 0 Å². The minimum absolute atomic E-state index is 0.420. The van der Waals surface area contributed by atoms with Crippen molar-refractivity contribution >= 4 is 17.7 Å². The molecule has 1 heterocycles. The fraction of sp³-hybridized carbons (Fsp3) is 0.769. The summed E-state index contributed by atoms with van der Waals surface area (Å²) in [4.78, 5) is 11.0. The van der Waals surface area contributed by atoms with Crippen molar-refractivity contribution in [3.63, 3.8) is 0 Å². The third-order valence-electron chi connectivity index (χ3n) is 3.89. The van der Waals surface area contributed by atoms with E-state index in [4.69, 9.17) is 10.8 Å². The summed E-state index contributed by atoms with van der Waals surface area (Å²) in [6.45, 7) is 1.55. The van der Waals surface area contributed by atoms with Gasteiger partial charge in [0.2, 0.25) is 0 Å². The molecule has 3 N–H and O–H groups in total. The van der Waals surface area contributed by atoms with Crippen molar-refractivity contribution in [1.29, 1.82) is 0 Å². The summed E-state index contributed by atoms with van der Waals surface area (Å²) in [6, 6.07) is 0.562. The zero-order chi connectivity index (χ0) is 14.3. The number of carboxylic acids is 1. The lowest BCUT2D eigenvalue weighted by atomic mass is 10.0. The molecule has 0 amide bonds. The molecule has 1 unspecified atom stereocenters. The van der Waals surface area contributed by atoms with Crippen LogP contribution in [-0.4, -0.2) is 37.1 Å². The van der Waals surface area contributed by atoms with Crippen LogP contribution in [0, 0.1) is 0 Å². The van der Waals surface area contributed by atoms with E-state index in [2.05, 4.69) is 14.8 Å². The van der Waals surface area contributed by atoms with Crippen molar-refractivity contribution < 1.29 is 9.90 Å². The number of nitrogens with two attached hydrogens (primary N) is 1. The standard InChI is InChI=1S/C13H20N4O2S/c1-13(14,11(18)19)6-7-20-12-16-15-10(8-2-3-8)17(12)9-4-5-9/h8-9H,2-7,14H2,1H3,(H,18,19). The quantitative estimate of drug-likeness (QED) is 0.745. The maximum Gasteiger partial charge on any atom is 0.323 e. The molecule has 6 nitrogen and oxygen atoms in total. The first-order valence-electron chi connectivity index (χ1n) is 7.09. The molecule has 3 rings (SSSR count). The second-order valence-corrected chi connectivity index (χ2v) is 7.10. The van der Waals surface area contributed by atoms with Gasteiger partial charge in [-0.3, -0.25) is 4.79 Å². The first-order valence-corrected chi connectivity index (χ1v) is 8.07. The molecule has 0 radical (unpaired) electrons. The molecule has 0 spiro atoms. The molecule has 2 fully saturated rings. The topological polar surface area (TPSA) is 94.0 Å². The highest BCUT2D eigenvalue weighted by molar-refractivity contribution is 7.99. The number of carboxylic acid groups (broad SMARTS) is 1. The Kier molecular flexibility index (Phi) is 3.50. The Balaban J connectivity index is 1.64. The van der Waals surface area contributed by atoms with Gasteiger partial charge in [-0.1, -0.05) is 11.8 Å². The van der Waals surface area contributed by atoms with E-state index in [9.17, 15) is 4.79 Å². The molecule has 2 aliphatic rings. The lowest BCUT2D eigenvalue weighted by molar-refractivity contribution is -0.142. The molecule has 7 heteroatoms. The van der Waals surface area contributed by atoms with E-state index in [-0.39, 0.29) is 0 Å². The average Bonchev–Trinajstić information content (AvgIpc) is 3.28. The second-order valence-electron chi connectivity index (χ2n) is 6.04. The summed E-state index contributed by atoms with van der Waals surface area (Å²) in [7, 11) is 0. The first kappa shape index (κ1) is 13.9. The first-order chi connectivity index (χ1) is 9.49. The molecule has 1 atom stereocenters. The van der Waals surface area contributed by atoms with Gasteiger partial charge in [0.05, 0.1) is 0 Å². The summed E-state index contributed by atoms with van der Waals surface area (Å²) in [5, 5.41) is 18.6. The van der Waals surface area contributed by atoms with Crippen LogP contribution in [0.2, 0.25) is 0 Å². The van der Waals surface area contributed by atoms with Crippen LogP contribution in [0.3, 0.4) is 0 Å². The van der Waals surface area contributed by atoms with Crippen molar-refractivity contribution in [2.24, 2.45) is 5.73 Å². The fourth-order valence-corrected chi connectivity index (χ4v) is 3.33. The number of rotatable bonds is 7. The third kappa shape index (κ3) is 2.83. The third-order valence-corrected chi connectivity index (χ3v) is 4.83. The minimum atomic E-state index is -1.17. The number of hydrogen-bond donors (Lipinski definition) is 2. The van der Waals surface area contributed by atoms with Gasteiger partial charge >= 0.3 is 5.97 Å². The number of aliphatic carboxylic acids is 1. The predicted molar refractivity (Wildman–Crippen MR) is 75.8 cm³/mol. The maximum absolute atomic E-state index is 11.0. The van der Waals surface area contributed by atoms with Crippen LogP contribution >= 0.6 is 11.8 Å². The molecular formula is C13H20N4O2S. The molecule has 0 saturated heterocycles. The number of carbonyl (C=O) groups is 1. The van der Waals surface area contributed by atoms with E-state index in [1.807, 2.05) is 0 Å². The van der Waals surface area contributed by atoms with Crippen molar-refractivity contribution in [2.75, 3.05) is 5.75 Å². The van der Waals surface area contributed by atoms with E-state index < -0.39 is 11.5 Å². The van der Waals surface area contributed by atoms with Crippen LogP contribution in [0.15, 0.2) is 5.16 Å². The van der Waals surface area contributed by atoms with Gasteiger partial charge in [0.25, 0.3) is 0 Å². The Morgan fingerprint density at radius 1 is 1.45 bits per heavy atom. The van der Waals surface area contributed by atoms with Gasteiger partial charge < -0.3 is 15.4 Å². The summed E-state index contributed by atoms with van der Waals surface area (Å²) >= 11 is 1.57. The number of thioether (sulfide) groups is 1. The fourth-order valence-electron chi connectivity index (χ4n) is 2.14. The largest absolute Gasteiger partial charge is 0.480 e. The lowest BCUT2D eigenvalue weighted by Crippen LogP contribution is -2.45. The highest BCUT2D eigenvalue weighted by Gasteiger charge is 2.36. The van der Waals surface area contributed by atoms with Crippen molar-refractivity contribution in [3.05, 3.63) is 5.82 Å². The lowest BCUT2D eigenvalue weighted by Gasteiger charge is -2.18. The van der Waals surface area contributed by atoms with Crippen molar-refractivity contribution in [1.82, 2.24) is 14.8 Å². The molecular weight excluding hydrogens is 276 g/mol. The van der Waals surface area contributed by atoms with Crippen molar-refractivity contribution in [3.8, 4) is 0 Å². The molecule has 2 aliphatic carbocycles. The predicted octanol–water partition coefficient (Wildman–Crippen LogP) is 1.77. The second kappa shape index (κ2) is 5.04. The monoisotopic (exact) mass is 296 g/mol. The van der Waals surface area contributed by atoms with Crippen LogP contribution in [0.1, 0.15) is 56.8 Å². The Hall–Kier alpha value is -1.08. The van der Waals surface area contributed by atoms with Gasteiger partial charge in [-0.2, -0.15) is 0 Å². The van der Waals surface area contributed by atoms with E-state index >= 15 is 0 Å². The van der Waals surface area contributed by atoms with E-state index in [1.165, 1.54) is 25.7 Å². The molecule has 20 heavy (non-hydrogen) atoms. The van der Waals surface area contributed by atoms with E-state index in [0.29, 0.717) is 24.1 Å². The Labute approximate surface area is 122 Å². The summed E-state index contributed by atoms with van der Waals surface area (Å²) in [6.07, 6.45) is 5.26. The van der Waals surface area contributed by atoms with Gasteiger partial charge in [0, 0.05) is 17.7 Å². The molecule has 1 aromatic heterocycles. The Bertz CT molecular complexity index is 520. The molecule has 110 valence electrons.